The van der Waals surface area contributed by atoms with Crippen molar-refractivity contribution < 1.29 is 23.1 Å². The van der Waals surface area contributed by atoms with Crippen LogP contribution in [0.2, 0.25) is 0 Å². The summed E-state index contributed by atoms with van der Waals surface area (Å²) < 4.78 is 17.5. The van der Waals surface area contributed by atoms with Gasteiger partial charge >= 0.3 is 17.9 Å². The van der Waals surface area contributed by atoms with Crippen molar-refractivity contribution in [2.75, 3.05) is 0 Å². The first-order valence-corrected chi connectivity index (χ1v) is 2.89. The van der Waals surface area contributed by atoms with Crippen LogP contribution >= 0.6 is 0 Å². The Morgan fingerprint density at radius 1 is 1.08 bits per heavy atom. The van der Waals surface area contributed by atoms with E-state index < -0.39 is 12.0 Å². The fourth-order valence-electron chi connectivity index (χ4n) is 0.715. The van der Waals surface area contributed by atoms with Crippen LogP contribution in [0.25, 0.3) is 12.5 Å². The van der Waals surface area contributed by atoms with Gasteiger partial charge in [0.2, 0.25) is 0 Å². The molecular formula is C6H2O6. The van der Waals surface area contributed by atoms with Crippen molar-refractivity contribution in [3.63, 3.8) is 0 Å². The van der Waals surface area contributed by atoms with E-state index in [1.807, 2.05) is 0 Å². The van der Waals surface area contributed by atoms with Gasteiger partial charge in [0.25, 0.3) is 5.42 Å². The van der Waals surface area contributed by atoms with Crippen molar-refractivity contribution in [3.05, 3.63) is 21.4 Å². The zero-order valence-corrected chi connectivity index (χ0v) is 5.66. The lowest BCUT2D eigenvalue weighted by Gasteiger charge is -2.12. The molecule has 12 heavy (non-hydrogen) atoms. The molecule has 62 valence electrons. The number of hydrogen-bond donors (Lipinski definition) is 0. The molecule has 6 nitrogen and oxygen atoms in total. The summed E-state index contributed by atoms with van der Waals surface area (Å²) in [5.74, 6) is -1.12. The lowest BCUT2D eigenvalue weighted by Crippen LogP contribution is -2.31. The van der Waals surface area contributed by atoms with Crippen LogP contribution in [0.5, 0.6) is 0 Å². The van der Waals surface area contributed by atoms with Crippen molar-refractivity contribution in [1.82, 2.24) is 0 Å². The van der Waals surface area contributed by atoms with E-state index in [2.05, 4.69) is 24.9 Å². The Balaban J connectivity index is 2.68. The lowest BCUT2D eigenvalue weighted by atomic mass is 10.6. The minimum atomic E-state index is -0.922. The zero-order chi connectivity index (χ0) is 8.72. The highest BCUT2D eigenvalue weighted by Crippen LogP contribution is 2.12. The van der Waals surface area contributed by atoms with E-state index in [0.29, 0.717) is 0 Å². The summed E-state index contributed by atoms with van der Waals surface area (Å²) in [6.45, 7) is 3.32. The van der Waals surface area contributed by atoms with Gasteiger partial charge in [-0.05, 0) is 0 Å². The monoisotopic (exact) mass is 170 g/mol. The van der Waals surface area contributed by atoms with Gasteiger partial charge in [-0.15, -0.1) is 0 Å². The van der Waals surface area contributed by atoms with Crippen LogP contribution in [0.1, 0.15) is 0 Å². The predicted octanol–water partition coefficient (Wildman–Crippen LogP) is -1.12. The number of cyclic esters (lactones) is 2. The van der Waals surface area contributed by atoms with Crippen molar-refractivity contribution in [2.24, 2.45) is 0 Å². The van der Waals surface area contributed by atoms with Crippen LogP contribution in [0.3, 0.4) is 0 Å². The largest absolute Gasteiger partial charge is 0.524 e. The fraction of sp³-hybridized carbons (Fsp3) is 0. The Morgan fingerprint density at radius 2 is 1.75 bits per heavy atom. The highest BCUT2D eigenvalue weighted by molar-refractivity contribution is 5.76. The summed E-state index contributed by atoms with van der Waals surface area (Å²) in [7, 11) is 0. The summed E-state index contributed by atoms with van der Waals surface area (Å²) in [5.41, 5.74) is -0.137. The van der Waals surface area contributed by atoms with E-state index in [9.17, 15) is 9.59 Å². The van der Waals surface area contributed by atoms with Crippen LogP contribution in [-0.2, 0) is 9.47 Å². The average molecular weight is 170 g/mol. The molecule has 6 heteroatoms. The van der Waals surface area contributed by atoms with Crippen LogP contribution in [0.15, 0.2) is 13.6 Å². The van der Waals surface area contributed by atoms with Gasteiger partial charge in [-0.25, -0.2) is 9.59 Å². The van der Waals surface area contributed by atoms with E-state index in [0.717, 1.165) is 0 Å². The second kappa shape index (κ2) is 2.00. The first kappa shape index (κ1) is 6.71. The molecule has 0 bridgehead atoms. The quantitative estimate of drug-likeness (QED) is 0.458. The van der Waals surface area contributed by atoms with Gasteiger partial charge in [-0.2, -0.15) is 0 Å². The molecule has 1 aromatic heterocycles. The normalized spacial score (nSPS) is 15.0. The van der Waals surface area contributed by atoms with Crippen molar-refractivity contribution >= 4 is 18.7 Å². The molecule has 1 saturated heterocycles. The standard InChI is InChI=1S/C6H2O6/c1-2-3(10-5(7)9-2)4-11-6(8)12-4/h1H2. The average Bonchev–Trinajstić information content (AvgIpc) is 2.23. The third kappa shape index (κ3) is 0.815. The van der Waals surface area contributed by atoms with Gasteiger partial charge in [-0.1, -0.05) is 6.58 Å². The molecular weight excluding hydrogens is 168 g/mol. The second-order valence-electron chi connectivity index (χ2n) is 1.95. The summed E-state index contributed by atoms with van der Waals surface area (Å²) in [6.07, 6.45) is -0.853. The second-order valence-corrected chi connectivity index (χ2v) is 1.95. The Bertz CT molecular complexity index is 479. The van der Waals surface area contributed by atoms with Crippen molar-refractivity contribution in [3.8, 4) is 0 Å². The van der Waals surface area contributed by atoms with Gasteiger partial charge < -0.3 is 18.3 Å². The minimum absolute atomic E-state index is 0.0394. The number of hydrogen-bond acceptors (Lipinski definition) is 6. The zero-order valence-electron chi connectivity index (χ0n) is 5.66. The molecule has 1 fully saturated rings. The van der Waals surface area contributed by atoms with E-state index in [4.69, 9.17) is 0 Å². The van der Waals surface area contributed by atoms with Crippen molar-refractivity contribution in [1.29, 1.82) is 0 Å². The highest BCUT2D eigenvalue weighted by Gasteiger charge is 2.27. The van der Waals surface area contributed by atoms with Gasteiger partial charge in [0.1, 0.15) is 0 Å². The number of rotatable bonds is 0. The molecule has 0 aliphatic carbocycles. The Labute approximate surface area is 64.3 Å². The maximum atomic E-state index is 10.5. The van der Waals surface area contributed by atoms with Gasteiger partial charge in [0, 0.05) is 0 Å². The maximum Gasteiger partial charge on any atom is 0.524 e. The Kier molecular flexibility index (Phi) is 1.12. The van der Waals surface area contributed by atoms with Crippen LogP contribution < -0.4 is 16.7 Å². The summed E-state index contributed by atoms with van der Waals surface area (Å²) in [6, 6.07) is 0. The number of carbonyl (C=O) groups excluding carboxylic acids is 1. The Hall–Kier alpha value is -1.98. The third-order valence-electron chi connectivity index (χ3n) is 1.18. The summed E-state index contributed by atoms with van der Waals surface area (Å²) in [5, 5.41) is 0. The molecule has 0 unspecified atom stereocenters. The molecule has 0 atom stereocenters. The molecule has 1 aliphatic rings. The number of carbonyl (C=O) groups is 1. The molecule has 2 rings (SSSR count). The molecule has 0 N–H and O–H groups in total. The lowest BCUT2D eigenvalue weighted by molar-refractivity contribution is 0.0322. The topological polar surface area (TPSA) is 78.9 Å². The third-order valence-corrected chi connectivity index (χ3v) is 1.18. The van der Waals surface area contributed by atoms with E-state index >= 15 is 0 Å². The van der Waals surface area contributed by atoms with E-state index in [1.54, 1.807) is 0 Å². The molecule has 0 radical (unpaired) electrons. The first-order valence-electron chi connectivity index (χ1n) is 2.89. The minimum Gasteiger partial charge on any atom is -0.391 e. The van der Waals surface area contributed by atoms with Gasteiger partial charge in [0.05, 0.1) is 0 Å². The molecule has 1 aliphatic heterocycles. The maximum absolute atomic E-state index is 10.5. The molecule has 0 amide bonds. The Morgan fingerprint density at radius 3 is 2.17 bits per heavy atom. The highest BCUT2D eigenvalue weighted by atomic mass is 16.9. The van der Waals surface area contributed by atoms with Crippen molar-refractivity contribution in [2.45, 2.75) is 0 Å². The van der Waals surface area contributed by atoms with Crippen LogP contribution in [0.4, 0.5) is 4.79 Å². The van der Waals surface area contributed by atoms with Gasteiger partial charge in [-0.3, -0.25) is 0 Å². The van der Waals surface area contributed by atoms with Crippen LogP contribution in [0, 0.1) is 0 Å². The SMILES string of the molecule is C=c1oc(=O)oc1=C1OC(=O)O1. The number of ether oxygens (including phenoxy) is 2. The molecule has 2 heterocycles. The van der Waals surface area contributed by atoms with Gasteiger partial charge in [0.15, 0.2) is 5.42 Å². The molecule has 1 aromatic rings. The van der Waals surface area contributed by atoms with Crippen LogP contribution in [-0.4, -0.2) is 6.16 Å². The first-order chi connectivity index (χ1) is 5.66. The molecule has 0 spiro atoms. The fourth-order valence-corrected chi connectivity index (χ4v) is 0.715. The summed E-state index contributed by atoms with van der Waals surface area (Å²) >= 11 is 0. The molecule has 0 aromatic carbocycles. The predicted molar refractivity (Wildman–Crippen MR) is 33.0 cm³/mol. The molecule has 0 saturated carbocycles. The van der Waals surface area contributed by atoms with E-state index in [-0.39, 0.29) is 16.8 Å². The summed E-state index contributed by atoms with van der Waals surface area (Å²) in [4.78, 5) is 20.6. The smallest absolute Gasteiger partial charge is 0.391 e. The van der Waals surface area contributed by atoms with E-state index in [1.165, 1.54) is 0 Å².